The van der Waals surface area contributed by atoms with Crippen LogP contribution in [0.2, 0.25) is 0 Å². The summed E-state index contributed by atoms with van der Waals surface area (Å²) in [6, 6.07) is 55.6. The lowest BCUT2D eigenvalue weighted by atomic mass is 10.1. The number of nitriles is 2. The number of alkyl halides is 5. The highest BCUT2D eigenvalue weighted by molar-refractivity contribution is 8.13. The molecule has 6 aromatic heterocycles. The van der Waals surface area contributed by atoms with Crippen LogP contribution in [0.25, 0.3) is 22.8 Å². The third-order valence-corrected chi connectivity index (χ3v) is 21.5. The van der Waals surface area contributed by atoms with E-state index in [1.807, 2.05) is 12.1 Å². The fraction of sp³-hybridized carbons (Fsp3) is 0.125. The lowest BCUT2D eigenvalue weighted by molar-refractivity contribution is -0.173. The van der Waals surface area contributed by atoms with Gasteiger partial charge >= 0.3 is 18.5 Å². The number of benzene rings is 8. The van der Waals surface area contributed by atoms with E-state index in [0.29, 0.717) is 51.0 Å². The standard InChI is InChI=1S/C21H17F3N6O3S.C19H16FN5O2S.C15H11F4N5O.C13H13FN8.C6H5ClO2S.C6H6O2S/c22-15-8-6-13(7-9-15)17(12-27-34(31,32)16-4-2-1-3-5-16)28-21-25-10-14(11-26-21)19-29-30-20(33-19)18(23)24;20-16-8-6-15(7-9-16)18(25-19-22-11-14(10-21)12-23-19)13-24-28(26,27)17-4-2-1-3-5-17;16-11-3-1-10(2-4-11)12(8-21-13(25)15(17,18)19)24-14-22-6-9(5-20)7-23-14;14-10-3-1-8(2-4-10)11(5-15)18-13-16-6-9(7-17-13)12-19-21-22-20-12;7-10(8,9)6-4-2-1-3-5-6;7-9(8)6-4-2-1-3-5-6/h1-11,17-18,27H,12H2,(H,25,26,28);1-9,11-12,18,24H,13H2,(H,22,23,25);1-4,6-7,12H,8H2,(H,21,25)(H,22,23,24);1-4,6-7,11H,5,15H2,(H,16,17,18)(H,19,20,21,22);1-5H;1-5H,(H,7,8)/p-1. The van der Waals surface area contributed by atoms with Crippen LogP contribution >= 0.6 is 10.7 Å². The quantitative estimate of drug-likeness (QED) is 0.0125. The van der Waals surface area contributed by atoms with Gasteiger partial charge in [-0.05, 0) is 136 Å². The Labute approximate surface area is 730 Å². The minimum Gasteiger partial charge on any atom is -0.768 e. The number of nitrogens with one attached hydrogen (secondary N) is 8. The van der Waals surface area contributed by atoms with Gasteiger partial charge < -0.3 is 41.3 Å². The van der Waals surface area contributed by atoms with E-state index in [1.54, 1.807) is 127 Å². The van der Waals surface area contributed by atoms with Crippen LogP contribution in [0.4, 0.5) is 63.3 Å². The molecule has 0 aliphatic carbocycles. The minimum absolute atomic E-state index is 0.0216. The number of halogens is 10. The average Bonchev–Trinajstić information content (AvgIpc) is 1.02. The molecule has 0 fully saturated rings. The van der Waals surface area contributed by atoms with Crippen LogP contribution < -0.4 is 41.8 Å². The molecule has 14 rings (SSSR count). The molecule has 14 aromatic rings. The number of amides is 1. The maximum atomic E-state index is 13.4. The van der Waals surface area contributed by atoms with E-state index in [-0.39, 0.29) is 74.5 Å². The first kappa shape index (κ1) is 97.2. The van der Waals surface area contributed by atoms with Crippen molar-refractivity contribution >= 4 is 80.6 Å². The zero-order chi connectivity index (χ0) is 92.2. The van der Waals surface area contributed by atoms with E-state index < -0.39 is 107 Å². The highest BCUT2D eigenvalue weighted by atomic mass is 35.7. The molecule has 0 spiro atoms. The summed E-state index contributed by atoms with van der Waals surface area (Å²) in [5.41, 5.74) is 9.60. The van der Waals surface area contributed by atoms with Gasteiger partial charge in [0.15, 0.2) is 0 Å². The number of aromatic amines is 1. The smallest absolute Gasteiger partial charge is 0.471 e. The van der Waals surface area contributed by atoms with Crippen molar-refractivity contribution < 1.29 is 82.7 Å². The number of anilines is 4. The number of aromatic nitrogens is 14. The van der Waals surface area contributed by atoms with E-state index in [0.717, 1.165) is 17.7 Å². The van der Waals surface area contributed by atoms with Crippen LogP contribution in [0.15, 0.2) is 292 Å². The van der Waals surface area contributed by atoms with Crippen molar-refractivity contribution in [2.45, 2.75) is 56.4 Å². The summed E-state index contributed by atoms with van der Waals surface area (Å²) < 4.78 is 217. The number of sulfonamides is 2. The number of nitrogens with zero attached hydrogens (tertiary/aromatic N) is 15. The summed E-state index contributed by atoms with van der Waals surface area (Å²) >= 11 is -2.08. The summed E-state index contributed by atoms with van der Waals surface area (Å²) in [6.45, 7) is -0.240. The van der Waals surface area contributed by atoms with Crippen molar-refractivity contribution in [3.05, 3.63) is 331 Å². The zero-order valence-corrected chi connectivity index (χ0v) is 69.4. The molecule has 1 amide bonds. The number of hydrogen-bond acceptors (Lipinski definition) is 30. The molecule has 48 heteroatoms. The number of rotatable bonds is 28. The van der Waals surface area contributed by atoms with Crippen LogP contribution in [0.5, 0.6) is 0 Å². The molecule has 5 unspecified atom stereocenters. The molecule has 0 saturated carbocycles. The Morgan fingerprint density at radius 2 is 0.812 bits per heavy atom. The van der Waals surface area contributed by atoms with Gasteiger partial charge in [-0.15, -0.1) is 20.4 Å². The van der Waals surface area contributed by atoms with Crippen LogP contribution in [-0.4, -0.2) is 143 Å². The maximum Gasteiger partial charge on any atom is 0.471 e. The van der Waals surface area contributed by atoms with Gasteiger partial charge in [-0.1, -0.05) is 121 Å². The lowest BCUT2D eigenvalue weighted by Crippen LogP contribution is -2.40. The second kappa shape index (κ2) is 47.5. The molecule has 5 atom stereocenters. The Morgan fingerprint density at radius 1 is 0.477 bits per heavy atom. The Hall–Kier alpha value is -14.6. The van der Waals surface area contributed by atoms with E-state index in [2.05, 4.69) is 101 Å². The van der Waals surface area contributed by atoms with Crippen molar-refractivity contribution in [1.82, 2.24) is 85.5 Å². The Balaban J connectivity index is 0.000000181. The summed E-state index contributed by atoms with van der Waals surface area (Å²) in [7, 11) is -6.03. The molecule has 8 aromatic carbocycles. The molecule has 0 bridgehead atoms. The molecule has 10 N–H and O–H groups in total. The van der Waals surface area contributed by atoms with Crippen LogP contribution in [0.1, 0.15) is 69.9 Å². The van der Waals surface area contributed by atoms with Crippen molar-refractivity contribution in [3.63, 3.8) is 0 Å². The van der Waals surface area contributed by atoms with Crippen molar-refractivity contribution in [2.75, 3.05) is 47.4 Å². The predicted octanol–water partition coefficient (Wildman–Crippen LogP) is 12.1. The second-order valence-electron chi connectivity index (χ2n) is 25.5. The number of carbonyl (C=O) groups excluding carboxylic acids is 1. The van der Waals surface area contributed by atoms with Gasteiger partial charge in [0, 0.05) is 66.5 Å². The highest BCUT2D eigenvalue weighted by Crippen LogP contribution is 2.27. The van der Waals surface area contributed by atoms with Gasteiger partial charge in [0.1, 0.15) is 35.4 Å². The number of tetrazole rings is 1. The number of H-pyrrole nitrogens is 1. The van der Waals surface area contributed by atoms with E-state index in [1.165, 1.54) is 134 Å². The largest absolute Gasteiger partial charge is 0.768 e. The van der Waals surface area contributed by atoms with Gasteiger partial charge in [-0.25, -0.2) is 92.1 Å². The molecule has 128 heavy (non-hydrogen) atoms. The molecular weight excluding hydrogens is 1790 g/mol. The van der Waals surface area contributed by atoms with E-state index in [9.17, 15) is 78.3 Å². The summed E-state index contributed by atoms with van der Waals surface area (Å²) in [6.07, 6.45) is 2.98. The number of hydrogen-bond donors (Lipinski definition) is 9. The lowest BCUT2D eigenvalue weighted by Gasteiger charge is -2.20. The normalized spacial score (nSPS) is 12.2. The van der Waals surface area contributed by atoms with Gasteiger partial charge in [-0.3, -0.25) is 9.00 Å². The molecule has 34 nitrogen and oxygen atoms in total. The third kappa shape index (κ3) is 31.3. The first-order valence-electron chi connectivity index (χ1n) is 36.6. The monoisotopic (exact) mass is 1860 g/mol. The molecule has 6 heterocycles. The van der Waals surface area contributed by atoms with Crippen LogP contribution in [0.3, 0.4) is 0 Å². The van der Waals surface area contributed by atoms with Gasteiger partial charge in [0.05, 0.1) is 85.9 Å². The first-order valence-corrected chi connectivity index (χ1v) is 42.9. The molecular formula is C80H67ClF9N24O10S4-. The van der Waals surface area contributed by atoms with Crippen molar-refractivity contribution in [2.24, 2.45) is 5.73 Å². The van der Waals surface area contributed by atoms with Gasteiger partial charge in [0.2, 0.25) is 49.7 Å². The van der Waals surface area contributed by atoms with Crippen LogP contribution in [-0.2, 0) is 45.0 Å². The molecule has 662 valence electrons. The van der Waals surface area contributed by atoms with Crippen molar-refractivity contribution in [3.8, 4) is 35.0 Å². The molecule has 0 aliphatic rings. The topological polar surface area (TPSA) is 514 Å². The number of nitrogens with two attached hydrogens (primary N) is 1. The fourth-order valence-corrected chi connectivity index (χ4v) is 13.6. The Kier molecular flexibility index (Phi) is 36.1. The third-order valence-electron chi connectivity index (χ3n) is 16.6. The van der Waals surface area contributed by atoms with Crippen LogP contribution in [0, 0.1) is 45.9 Å². The van der Waals surface area contributed by atoms with Gasteiger partial charge in [0.25, 0.3) is 20.8 Å². The molecule has 0 saturated heterocycles. The Bertz CT molecular complexity index is 6290. The highest BCUT2D eigenvalue weighted by Gasteiger charge is 2.39. The second-order valence-corrected chi connectivity index (χ2v) is 32.5. The molecule has 0 aliphatic heterocycles. The Morgan fingerprint density at radius 3 is 1.12 bits per heavy atom. The first-order chi connectivity index (χ1) is 61.2. The summed E-state index contributed by atoms with van der Waals surface area (Å²) in [5, 5.41) is 51.4. The molecule has 0 radical (unpaired) electrons. The number of carbonyl (C=O) groups is 1. The predicted molar refractivity (Wildman–Crippen MR) is 445 cm³/mol. The average molecular weight is 1860 g/mol. The van der Waals surface area contributed by atoms with E-state index in [4.69, 9.17) is 31.4 Å². The SMILES string of the molecule is N#Cc1cnc(NC(CNC(=O)C(F)(F)F)c2ccc(F)cc2)nc1.N#Cc1cnc(NC(CNS(=O)(=O)c2ccccc2)c2ccc(F)cc2)nc1.NCC(Nc1ncc(-c2nn[nH]n2)cn1)c1ccc(F)cc1.O=S(=O)(Cl)c1ccccc1.O=S(=O)(NCC(Nc1ncc(-c2nnc(C(F)F)o2)cn1)c1ccc(F)cc1)c1ccccc1.O=S([O-])c1ccccc1. The minimum atomic E-state index is -5.02. The maximum absolute atomic E-state index is 13.4. The van der Waals surface area contributed by atoms with Crippen molar-refractivity contribution in [1.29, 1.82) is 10.5 Å². The van der Waals surface area contributed by atoms with Gasteiger partial charge in [-0.2, -0.15) is 37.7 Å². The zero-order valence-electron chi connectivity index (χ0n) is 65.4. The summed E-state index contributed by atoms with van der Waals surface area (Å²) in [5.74, 6) is -3.57. The summed E-state index contributed by atoms with van der Waals surface area (Å²) in [4.78, 5) is 44.1. The fourth-order valence-electron chi connectivity index (χ4n) is 10.3. The van der Waals surface area contributed by atoms with E-state index >= 15 is 0 Å².